The van der Waals surface area contributed by atoms with Gasteiger partial charge in [0.25, 0.3) is 0 Å². The van der Waals surface area contributed by atoms with E-state index in [0.29, 0.717) is 6.04 Å². The summed E-state index contributed by atoms with van der Waals surface area (Å²) in [4.78, 5) is 4.75. The summed E-state index contributed by atoms with van der Waals surface area (Å²) < 4.78 is 2.29. The quantitative estimate of drug-likeness (QED) is 0.894. The van der Waals surface area contributed by atoms with E-state index in [0.717, 1.165) is 23.7 Å². The topological polar surface area (TPSA) is 43.8 Å². The monoisotopic (exact) mass is 243 g/mol. The van der Waals surface area contributed by atoms with E-state index in [1.807, 2.05) is 6.07 Å². The molecule has 0 aliphatic heterocycles. The molecule has 2 aromatic rings. The Morgan fingerprint density at radius 1 is 1.33 bits per heavy atom. The van der Waals surface area contributed by atoms with Crippen LogP contribution in [0.25, 0.3) is 11.0 Å². The van der Waals surface area contributed by atoms with Crippen LogP contribution in [0.5, 0.6) is 0 Å². The Hall–Kier alpha value is -1.35. The molecule has 2 N–H and O–H groups in total. The Morgan fingerprint density at radius 2 is 2.06 bits per heavy atom. The lowest BCUT2D eigenvalue weighted by molar-refractivity contribution is 0.505. The van der Waals surface area contributed by atoms with E-state index in [1.54, 1.807) is 0 Å². The fourth-order valence-electron chi connectivity index (χ4n) is 2.69. The largest absolute Gasteiger partial charge is 0.324 e. The van der Waals surface area contributed by atoms with Crippen molar-refractivity contribution in [2.24, 2.45) is 11.7 Å². The number of nitrogens with two attached hydrogens (primary N) is 1. The van der Waals surface area contributed by atoms with Gasteiger partial charge in [-0.2, -0.15) is 0 Å². The Kier molecular flexibility index (Phi) is 2.86. The van der Waals surface area contributed by atoms with Crippen LogP contribution in [-0.2, 0) is 0 Å². The maximum absolute atomic E-state index is 6.36. The van der Waals surface area contributed by atoms with Gasteiger partial charge in [-0.05, 0) is 38.3 Å². The van der Waals surface area contributed by atoms with Crippen LogP contribution in [0.2, 0.25) is 0 Å². The summed E-state index contributed by atoms with van der Waals surface area (Å²) in [7, 11) is 0. The van der Waals surface area contributed by atoms with Crippen LogP contribution in [-0.4, -0.2) is 9.55 Å². The highest BCUT2D eigenvalue weighted by Gasteiger charge is 2.27. The van der Waals surface area contributed by atoms with Gasteiger partial charge in [0, 0.05) is 6.04 Å². The van der Waals surface area contributed by atoms with Gasteiger partial charge >= 0.3 is 0 Å². The van der Waals surface area contributed by atoms with E-state index in [4.69, 9.17) is 10.7 Å². The molecule has 1 unspecified atom stereocenters. The summed E-state index contributed by atoms with van der Waals surface area (Å²) in [6.07, 6.45) is 3.77. The first kappa shape index (κ1) is 11.7. The molecule has 1 atom stereocenters. The molecule has 0 saturated heterocycles. The molecule has 1 saturated carbocycles. The van der Waals surface area contributed by atoms with Gasteiger partial charge in [0.05, 0.1) is 17.1 Å². The molecule has 0 bridgehead atoms. The van der Waals surface area contributed by atoms with E-state index in [2.05, 4.69) is 36.6 Å². The highest BCUT2D eigenvalue weighted by Crippen LogP contribution is 2.37. The summed E-state index contributed by atoms with van der Waals surface area (Å²) in [5, 5.41) is 0. The number of fused-ring (bicyclic) bond motifs is 1. The van der Waals surface area contributed by atoms with Crippen LogP contribution in [0.4, 0.5) is 0 Å². The number of aromatic nitrogens is 2. The van der Waals surface area contributed by atoms with E-state index < -0.39 is 0 Å². The molecule has 1 aromatic heterocycles. The zero-order chi connectivity index (χ0) is 12.7. The van der Waals surface area contributed by atoms with E-state index >= 15 is 0 Å². The van der Waals surface area contributed by atoms with Crippen molar-refractivity contribution in [3.63, 3.8) is 0 Å². The van der Waals surface area contributed by atoms with Crippen LogP contribution < -0.4 is 5.73 Å². The first-order valence-electron chi connectivity index (χ1n) is 6.89. The van der Waals surface area contributed by atoms with Gasteiger partial charge < -0.3 is 10.3 Å². The predicted molar refractivity (Wildman–Crippen MR) is 74.4 cm³/mol. The number of para-hydroxylation sites is 2. The lowest BCUT2D eigenvalue weighted by Gasteiger charge is -2.17. The van der Waals surface area contributed by atoms with Crippen LogP contribution in [0, 0.1) is 5.92 Å². The second-order valence-corrected chi connectivity index (χ2v) is 5.71. The Bertz CT molecular complexity index is 552. The molecule has 3 nitrogen and oxygen atoms in total. The number of imidazole rings is 1. The van der Waals surface area contributed by atoms with Gasteiger partial charge in [-0.25, -0.2) is 4.98 Å². The predicted octanol–water partition coefficient (Wildman–Crippen LogP) is 3.42. The third-order valence-corrected chi connectivity index (χ3v) is 3.76. The summed E-state index contributed by atoms with van der Waals surface area (Å²) in [6.45, 7) is 4.39. The van der Waals surface area contributed by atoms with Crippen molar-refractivity contribution in [1.82, 2.24) is 9.55 Å². The molecule has 1 heterocycles. The minimum atomic E-state index is 0.0762. The number of benzene rings is 1. The first-order chi connectivity index (χ1) is 8.66. The van der Waals surface area contributed by atoms with E-state index in [1.165, 1.54) is 18.4 Å². The highest BCUT2D eigenvalue weighted by atomic mass is 15.1. The maximum Gasteiger partial charge on any atom is 0.127 e. The molecule has 3 rings (SSSR count). The Morgan fingerprint density at radius 3 is 2.72 bits per heavy atom. The van der Waals surface area contributed by atoms with Crippen molar-refractivity contribution < 1.29 is 0 Å². The van der Waals surface area contributed by atoms with Crippen LogP contribution in [0.15, 0.2) is 24.3 Å². The average Bonchev–Trinajstić information content (AvgIpc) is 3.06. The molecule has 3 heteroatoms. The lowest BCUT2D eigenvalue weighted by atomic mass is 10.1. The zero-order valence-electron chi connectivity index (χ0n) is 11.1. The van der Waals surface area contributed by atoms with Crippen LogP contribution in [0.3, 0.4) is 0 Å². The standard InChI is InChI=1S/C15H21N3/c1-10(2)18-14-6-4-3-5-13(14)17-15(18)12(16)9-11-7-8-11/h3-6,10-12H,7-9,16H2,1-2H3. The van der Waals surface area contributed by atoms with Gasteiger partial charge in [0.2, 0.25) is 0 Å². The summed E-state index contributed by atoms with van der Waals surface area (Å²) in [5.41, 5.74) is 8.62. The van der Waals surface area contributed by atoms with Gasteiger partial charge in [-0.1, -0.05) is 25.0 Å². The molecule has 0 radical (unpaired) electrons. The fraction of sp³-hybridized carbons (Fsp3) is 0.533. The smallest absolute Gasteiger partial charge is 0.127 e. The van der Waals surface area contributed by atoms with E-state index in [9.17, 15) is 0 Å². The number of hydrogen-bond acceptors (Lipinski definition) is 2. The third-order valence-electron chi connectivity index (χ3n) is 3.76. The second kappa shape index (κ2) is 4.39. The summed E-state index contributed by atoms with van der Waals surface area (Å²) in [6, 6.07) is 8.79. The van der Waals surface area contributed by atoms with Gasteiger partial charge in [0.15, 0.2) is 0 Å². The highest BCUT2D eigenvalue weighted by molar-refractivity contribution is 5.76. The molecule has 18 heavy (non-hydrogen) atoms. The molecule has 0 amide bonds. The van der Waals surface area contributed by atoms with Gasteiger partial charge in [-0.3, -0.25) is 0 Å². The van der Waals surface area contributed by atoms with Crippen molar-refractivity contribution in [2.75, 3.05) is 0 Å². The molecule has 1 aliphatic carbocycles. The lowest BCUT2D eigenvalue weighted by Crippen LogP contribution is -2.18. The van der Waals surface area contributed by atoms with Gasteiger partial charge in [0.1, 0.15) is 5.82 Å². The van der Waals surface area contributed by atoms with Crippen molar-refractivity contribution in [3.05, 3.63) is 30.1 Å². The minimum absolute atomic E-state index is 0.0762. The normalized spacial score (nSPS) is 17.6. The van der Waals surface area contributed by atoms with Crippen molar-refractivity contribution in [1.29, 1.82) is 0 Å². The van der Waals surface area contributed by atoms with Crippen molar-refractivity contribution in [3.8, 4) is 0 Å². The molecule has 96 valence electrons. The van der Waals surface area contributed by atoms with Crippen LogP contribution >= 0.6 is 0 Å². The molecular weight excluding hydrogens is 222 g/mol. The number of nitrogens with zero attached hydrogens (tertiary/aromatic N) is 2. The van der Waals surface area contributed by atoms with Crippen LogP contribution in [0.1, 0.15) is 51.0 Å². The number of hydrogen-bond donors (Lipinski definition) is 1. The first-order valence-corrected chi connectivity index (χ1v) is 6.89. The number of rotatable bonds is 4. The maximum atomic E-state index is 6.36. The second-order valence-electron chi connectivity index (χ2n) is 5.71. The molecule has 1 fully saturated rings. The molecular formula is C15H21N3. The molecule has 0 spiro atoms. The van der Waals surface area contributed by atoms with Crippen molar-refractivity contribution >= 4 is 11.0 Å². The average molecular weight is 243 g/mol. The minimum Gasteiger partial charge on any atom is -0.324 e. The zero-order valence-corrected chi connectivity index (χ0v) is 11.1. The molecule has 1 aliphatic rings. The van der Waals surface area contributed by atoms with Gasteiger partial charge in [-0.15, -0.1) is 0 Å². The van der Waals surface area contributed by atoms with Crippen molar-refractivity contribution in [2.45, 2.75) is 45.2 Å². The Balaban J connectivity index is 2.05. The summed E-state index contributed by atoms with van der Waals surface area (Å²) in [5.74, 6) is 1.89. The Labute approximate surface area is 108 Å². The SMILES string of the molecule is CC(C)n1c(C(N)CC2CC2)nc2ccccc21. The third kappa shape index (κ3) is 2.03. The molecule has 1 aromatic carbocycles. The fourth-order valence-corrected chi connectivity index (χ4v) is 2.69. The summed E-state index contributed by atoms with van der Waals surface area (Å²) >= 11 is 0. The van der Waals surface area contributed by atoms with E-state index in [-0.39, 0.29) is 6.04 Å².